The van der Waals surface area contributed by atoms with E-state index in [0.717, 1.165) is 70.4 Å². The highest BCUT2D eigenvalue weighted by Gasteiger charge is 2.20. The van der Waals surface area contributed by atoms with Crippen LogP contribution in [0.1, 0.15) is 69.8 Å². The first-order valence-corrected chi connectivity index (χ1v) is 13.5. The lowest BCUT2D eigenvalue weighted by Crippen LogP contribution is -2.34. The van der Waals surface area contributed by atoms with Crippen molar-refractivity contribution in [2.45, 2.75) is 70.6 Å². The minimum Gasteiger partial charge on any atom is -0.493 e. The predicted octanol–water partition coefficient (Wildman–Crippen LogP) is 5.97. The van der Waals surface area contributed by atoms with Crippen molar-refractivity contribution in [1.29, 1.82) is 0 Å². The van der Waals surface area contributed by atoms with Crippen LogP contribution in [-0.4, -0.2) is 48.5 Å². The summed E-state index contributed by atoms with van der Waals surface area (Å²) in [4.78, 5) is 34.1. The Labute approximate surface area is 223 Å². The Morgan fingerprint density at radius 3 is 2.43 bits per heavy atom. The van der Waals surface area contributed by atoms with E-state index in [1.165, 1.54) is 13.2 Å². The number of piperidine rings is 1. The standard InChI is InChI=1S/C28H37ClFN3O4/c1-36-27(35)9-5-3-2-4-8-24(34)17-22-10-11-25(18-26(22)30)37-16-6-7-21-12-14-33(15-13-21)28-31-19-23(29)20-32-28/h10-11,18-21H,2-9,12-17H2,1H3. The summed E-state index contributed by atoms with van der Waals surface area (Å²) in [6.07, 6.45) is 11.5. The zero-order valence-corrected chi connectivity index (χ0v) is 22.4. The lowest BCUT2D eigenvalue weighted by atomic mass is 9.92. The number of ketones is 1. The van der Waals surface area contributed by atoms with E-state index in [1.807, 2.05) is 0 Å². The summed E-state index contributed by atoms with van der Waals surface area (Å²) in [5, 5.41) is 0.540. The van der Waals surface area contributed by atoms with Gasteiger partial charge in [0.2, 0.25) is 5.95 Å². The molecule has 2 aromatic rings. The lowest BCUT2D eigenvalue weighted by molar-refractivity contribution is -0.140. The molecule has 1 aliphatic heterocycles. The molecule has 1 aromatic carbocycles. The Balaban J connectivity index is 1.28. The zero-order valence-electron chi connectivity index (χ0n) is 21.6. The molecule has 0 saturated carbocycles. The fourth-order valence-electron chi connectivity index (χ4n) is 4.56. The summed E-state index contributed by atoms with van der Waals surface area (Å²) in [7, 11) is 1.38. The second kappa shape index (κ2) is 15.5. The van der Waals surface area contributed by atoms with Crippen LogP contribution in [0.4, 0.5) is 10.3 Å². The van der Waals surface area contributed by atoms with Gasteiger partial charge in [0.25, 0.3) is 0 Å². The molecule has 1 fully saturated rings. The maximum Gasteiger partial charge on any atom is 0.305 e. The molecule has 7 nitrogen and oxygen atoms in total. The quantitative estimate of drug-likeness (QED) is 0.206. The number of carbonyl (C=O) groups is 2. The molecule has 37 heavy (non-hydrogen) atoms. The first-order chi connectivity index (χ1) is 17.9. The Bertz CT molecular complexity index is 997. The highest BCUT2D eigenvalue weighted by molar-refractivity contribution is 6.30. The first kappa shape index (κ1) is 28.8. The van der Waals surface area contributed by atoms with Gasteiger partial charge in [0.1, 0.15) is 17.3 Å². The number of aromatic nitrogens is 2. The molecule has 0 N–H and O–H groups in total. The summed E-state index contributed by atoms with van der Waals surface area (Å²) >= 11 is 5.86. The molecule has 0 amide bonds. The van der Waals surface area contributed by atoms with Crippen molar-refractivity contribution in [3.8, 4) is 5.75 Å². The molecule has 1 aromatic heterocycles. The van der Waals surface area contributed by atoms with Crippen LogP contribution in [0.5, 0.6) is 5.75 Å². The summed E-state index contributed by atoms with van der Waals surface area (Å²) in [5.41, 5.74) is 0.402. The number of halogens is 2. The number of rotatable bonds is 15. The molecule has 1 saturated heterocycles. The average molecular weight is 534 g/mol. The smallest absolute Gasteiger partial charge is 0.305 e. The number of ether oxygens (including phenoxy) is 2. The number of hydrogen-bond acceptors (Lipinski definition) is 7. The van der Waals surface area contributed by atoms with Crippen LogP contribution in [-0.2, 0) is 20.7 Å². The largest absolute Gasteiger partial charge is 0.493 e. The van der Waals surface area contributed by atoms with E-state index in [4.69, 9.17) is 16.3 Å². The number of Topliss-reactive ketones (excluding diaryl/α,β-unsaturated/α-hetero) is 1. The summed E-state index contributed by atoms with van der Waals surface area (Å²) in [5.74, 6) is 1.27. The maximum atomic E-state index is 14.5. The van der Waals surface area contributed by atoms with E-state index in [9.17, 15) is 14.0 Å². The molecule has 2 heterocycles. The summed E-state index contributed by atoms with van der Waals surface area (Å²) in [6, 6.07) is 4.76. The van der Waals surface area contributed by atoms with Crippen molar-refractivity contribution < 1.29 is 23.5 Å². The minimum absolute atomic E-state index is 0.0224. The van der Waals surface area contributed by atoms with Crippen molar-refractivity contribution in [1.82, 2.24) is 9.97 Å². The van der Waals surface area contributed by atoms with Gasteiger partial charge in [-0.05, 0) is 56.1 Å². The lowest BCUT2D eigenvalue weighted by Gasteiger charge is -2.31. The van der Waals surface area contributed by atoms with Crippen molar-refractivity contribution in [2.75, 3.05) is 31.7 Å². The molecular weight excluding hydrogens is 497 g/mol. The van der Waals surface area contributed by atoms with Gasteiger partial charge in [-0.2, -0.15) is 0 Å². The highest BCUT2D eigenvalue weighted by Crippen LogP contribution is 2.25. The van der Waals surface area contributed by atoms with Gasteiger partial charge in [-0.25, -0.2) is 14.4 Å². The van der Waals surface area contributed by atoms with Crippen LogP contribution in [0.25, 0.3) is 0 Å². The second-order valence-corrected chi connectivity index (χ2v) is 10.0. The third-order valence-electron chi connectivity index (χ3n) is 6.76. The van der Waals surface area contributed by atoms with Crippen LogP contribution in [0.3, 0.4) is 0 Å². The number of nitrogens with zero attached hydrogens (tertiary/aromatic N) is 3. The zero-order chi connectivity index (χ0) is 26.5. The van der Waals surface area contributed by atoms with Crippen LogP contribution in [0, 0.1) is 11.7 Å². The Hall–Kier alpha value is -2.74. The summed E-state index contributed by atoms with van der Waals surface area (Å²) < 4.78 is 24.9. The van der Waals surface area contributed by atoms with E-state index >= 15 is 0 Å². The molecule has 0 aliphatic carbocycles. The van der Waals surface area contributed by atoms with Crippen LogP contribution >= 0.6 is 11.6 Å². The number of esters is 1. The first-order valence-electron chi connectivity index (χ1n) is 13.2. The van der Waals surface area contributed by atoms with Crippen molar-refractivity contribution in [2.24, 2.45) is 5.92 Å². The molecule has 0 bridgehead atoms. The number of anilines is 1. The fraction of sp³-hybridized carbons (Fsp3) is 0.571. The van der Waals surface area contributed by atoms with E-state index in [2.05, 4.69) is 19.6 Å². The van der Waals surface area contributed by atoms with Gasteiger partial charge in [0.15, 0.2) is 0 Å². The fourth-order valence-corrected chi connectivity index (χ4v) is 4.66. The maximum absolute atomic E-state index is 14.5. The van der Waals surface area contributed by atoms with Crippen LogP contribution < -0.4 is 9.64 Å². The third-order valence-corrected chi connectivity index (χ3v) is 6.95. The number of hydrogen-bond donors (Lipinski definition) is 0. The summed E-state index contributed by atoms with van der Waals surface area (Å²) in [6.45, 7) is 2.39. The Morgan fingerprint density at radius 1 is 1.05 bits per heavy atom. The molecule has 1 aliphatic rings. The molecule has 3 rings (SSSR count). The Kier molecular flexibility index (Phi) is 12.1. The molecule has 0 radical (unpaired) electrons. The molecule has 0 unspecified atom stereocenters. The third kappa shape index (κ3) is 10.3. The Morgan fingerprint density at radius 2 is 1.76 bits per heavy atom. The van der Waals surface area contributed by atoms with E-state index in [1.54, 1.807) is 24.5 Å². The number of benzene rings is 1. The topological polar surface area (TPSA) is 81.6 Å². The van der Waals surface area contributed by atoms with Crippen LogP contribution in [0.2, 0.25) is 5.02 Å². The van der Waals surface area contributed by atoms with Gasteiger partial charge >= 0.3 is 5.97 Å². The van der Waals surface area contributed by atoms with Crippen molar-refractivity contribution in [3.63, 3.8) is 0 Å². The van der Waals surface area contributed by atoms with E-state index in [-0.39, 0.29) is 18.2 Å². The van der Waals surface area contributed by atoms with Crippen molar-refractivity contribution in [3.05, 3.63) is 47.0 Å². The SMILES string of the molecule is COC(=O)CCCCCCC(=O)Cc1ccc(OCCCC2CCN(c3ncc(Cl)cn3)CC2)cc1F. The number of unbranched alkanes of at least 4 members (excludes halogenated alkanes) is 3. The molecular formula is C28H37ClFN3O4. The van der Waals surface area contributed by atoms with Gasteiger partial charge in [0.05, 0.1) is 31.1 Å². The van der Waals surface area contributed by atoms with Crippen molar-refractivity contribution >= 4 is 29.3 Å². The van der Waals surface area contributed by atoms with Gasteiger partial charge in [-0.1, -0.05) is 30.5 Å². The molecule has 202 valence electrons. The van der Waals surface area contributed by atoms with Gasteiger partial charge in [0, 0.05) is 38.4 Å². The van der Waals surface area contributed by atoms with E-state index < -0.39 is 5.82 Å². The monoisotopic (exact) mass is 533 g/mol. The predicted molar refractivity (Wildman–Crippen MR) is 142 cm³/mol. The molecule has 9 heteroatoms. The molecule has 0 atom stereocenters. The average Bonchev–Trinajstić information content (AvgIpc) is 2.90. The van der Waals surface area contributed by atoms with Gasteiger partial charge in [-0.3, -0.25) is 9.59 Å². The van der Waals surface area contributed by atoms with Gasteiger partial charge in [-0.15, -0.1) is 0 Å². The van der Waals surface area contributed by atoms with Gasteiger partial charge < -0.3 is 14.4 Å². The van der Waals surface area contributed by atoms with E-state index in [0.29, 0.717) is 41.7 Å². The van der Waals surface area contributed by atoms with Crippen LogP contribution in [0.15, 0.2) is 30.6 Å². The normalized spacial score (nSPS) is 14.0. The number of carbonyl (C=O) groups excluding carboxylic acids is 2. The molecule has 0 spiro atoms. The highest BCUT2D eigenvalue weighted by atomic mass is 35.5. The minimum atomic E-state index is -0.402. The second-order valence-electron chi connectivity index (χ2n) is 9.58. The number of methoxy groups -OCH3 is 1.